The minimum atomic E-state index is -0.796. The number of halogens is 1. The molecule has 100 valence electrons. The first-order valence-electron chi connectivity index (χ1n) is 5.69. The van der Waals surface area contributed by atoms with Crippen LogP contribution < -0.4 is 4.74 Å². The van der Waals surface area contributed by atoms with Gasteiger partial charge in [-0.05, 0) is 26.0 Å². The minimum absolute atomic E-state index is 0.0194. The van der Waals surface area contributed by atoms with Crippen molar-refractivity contribution < 1.29 is 23.8 Å². The average Bonchev–Trinajstić information content (AvgIpc) is 2.33. The van der Waals surface area contributed by atoms with Gasteiger partial charge in [0.1, 0.15) is 30.6 Å². The van der Waals surface area contributed by atoms with Gasteiger partial charge in [0.2, 0.25) is 0 Å². The summed E-state index contributed by atoms with van der Waals surface area (Å²) in [5, 5.41) is 9.54. The lowest BCUT2D eigenvalue weighted by molar-refractivity contribution is -0.0123. The van der Waals surface area contributed by atoms with Gasteiger partial charge >= 0.3 is 0 Å². The van der Waals surface area contributed by atoms with Crippen molar-refractivity contribution in [1.82, 2.24) is 0 Å². The molecule has 0 aliphatic rings. The molecule has 1 unspecified atom stereocenters. The fourth-order valence-corrected chi connectivity index (χ4v) is 1.28. The fourth-order valence-electron chi connectivity index (χ4n) is 1.28. The third-order valence-electron chi connectivity index (χ3n) is 2.09. The summed E-state index contributed by atoms with van der Waals surface area (Å²) in [6, 6.07) is 3.67. The first-order chi connectivity index (χ1) is 8.51. The third kappa shape index (κ3) is 5.25. The molecular weight excluding hydrogens is 239 g/mol. The number of aldehydes is 1. The van der Waals surface area contributed by atoms with E-state index in [2.05, 4.69) is 0 Å². The maximum atomic E-state index is 13.1. The predicted octanol–water partition coefficient (Wildman–Crippen LogP) is 1.80. The molecule has 1 aromatic rings. The Labute approximate surface area is 105 Å². The Kier molecular flexibility index (Phi) is 5.74. The molecule has 1 N–H and O–H groups in total. The second-order valence-electron chi connectivity index (χ2n) is 4.19. The van der Waals surface area contributed by atoms with Crippen molar-refractivity contribution >= 4 is 6.29 Å². The number of rotatable bonds is 7. The molecule has 0 aliphatic heterocycles. The van der Waals surface area contributed by atoms with Crippen LogP contribution in [0.2, 0.25) is 0 Å². The van der Waals surface area contributed by atoms with E-state index in [1.165, 1.54) is 6.07 Å². The molecule has 0 aromatic heterocycles. The molecule has 0 saturated heterocycles. The topological polar surface area (TPSA) is 55.8 Å². The lowest BCUT2D eigenvalue weighted by Gasteiger charge is -2.14. The van der Waals surface area contributed by atoms with Crippen LogP contribution >= 0.6 is 0 Å². The van der Waals surface area contributed by atoms with Crippen LogP contribution in [0.3, 0.4) is 0 Å². The Morgan fingerprint density at radius 2 is 2.06 bits per heavy atom. The summed E-state index contributed by atoms with van der Waals surface area (Å²) < 4.78 is 23.5. The summed E-state index contributed by atoms with van der Waals surface area (Å²) in [7, 11) is 0. The number of ether oxygens (including phenoxy) is 2. The summed E-state index contributed by atoms with van der Waals surface area (Å²) in [6.45, 7) is 3.84. The summed E-state index contributed by atoms with van der Waals surface area (Å²) in [6.07, 6.45) is -0.236. The zero-order valence-electron chi connectivity index (χ0n) is 10.4. The smallest absolute Gasteiger partial charge is 0.150 e. The molecule has 0 radical (unpaired) electrons. The molecule has 0 bridgehead atoms. The van der Waals surface area contributed by atoms with Gasteiger partial charge in [-0.2, -0.15) is 0 Å². The van der Waals surface area contributed by atoms with E-state index in [0.717, 1.165) is 12.1 Å². The van der Waals surface area contributed by atoms with Gasteiger partial charge < -0.3 is 14.6 Å². The zero-order chi connectivity index (χ0) is 13.5. The van der Waals surface area contributed by atoms with Crippen molar-refractivity contribution in [2.45, 2.75) is 26.1 Å². The summed E-state index contributed by atoms with van der Waals surface area (Å²) in [5.74, 6) is -0.344. The molecule has 0 saturated carbocycles. The minimum Gasteiger partial charge on any atom is -0.491 e. The third-order valence-corrected chi connectivity index (χ3v) is 2.09. The van der Waals surface area contributed by atoms with Crippen LogP contribution in [-0.2, 0) is 4.74 Å². The van der Waals surface area contributed by atoms with E-state index in [-0.39, 0.29) is 30.6 Å². The fraction of sp³-hybridized carbons (Fsp3) is 0.462. The largest absolute Gasteiger partial charge is 0.491 e. The number of carbonyl (C=O) groups excluding carboxylic acids is 1. The van der Waals surface area contributed by atoms with Gasteiger partial charge in [-0.3, -0.25) is 4.79 Å². The molecule has 0 amide bonds. The van der Waals surface area contributed by atoms with E-state index < -0.39 is 11.9 Å². The highest BCUT2D eigenvalue weighted by Crippen LogP contribution is 2.15. The quantitative estimate of drug-likeness (QED) is 0.756. The first kappa shape index (κ1) is 14.6. The van der Waals surface area contributed by atoms with Gasteiger partial charge in [-0.25, -0.2) is 4.39 Å². The Bertz CT molecular complexity index is 393. The van der Waals surface area contributed by atoms with E-state index in [4.69, 9.17) is 9.47 Å². The normalized spacial score (nSPS) is 12.5. The lowest BCUT2D eigenvalue weighted by atomic mass is 10.2. The van der Waals surface area contributed by atoms with E-state index in [9.17, 15) is 14.3 Å². The second kappa shape index (κ2) is 7.08. The Hall–Kier alpha value is -1.46. The molecule has 1 atom stereocenters. The highest BCUT2D eigenvalue weighted by atomic mass is 19.1. The molecule has 0 heterocycles. The molecular formula is C13H17FO4. The van der Waals surface area contributed by atoms with E-state index in [1.807, 2.05) is 13.8 Å². The van der Waals surface area contributed by atoms with Crippen LogP contribution in [0.15, 0.2) is 18.2 Å². The van der Waals surface area contributed by atoms with Gasteiger partial charge in [-0.15, -0.1) is 0 Å². The van der Waals surface area contributed by atoms with Crippen LogP contribution in [0.4, 0.5) is 4.39 Å². The van der Waals surface area contributed by atoms with Crippen molar-refractivity contribution in [3.8, 4) is 5.75 Å². The monoisotopic (exact) mass is 256 g/mol. The second-order valence-corrected chi connectivity index (χ2v) is 4.19. The average molecular weight is 256 g/mol. The van der Waals surface area contributed by atoms with Crippen LogP contribution in [0, 0.1) is 5.82 Å². The van der Waals surface area contributed by atoms with Crippen molar-refractivity contribution in [3.05, 3.63) is 29.6 Å². The molecule has 1 aromatic carbocycles. The lowest BCUT2D eigenvalue weighted by Crippen LogP contribution is -2.25. The Morgan fingerprint density at radius 1 is 1.33 bits per heavy atom. The maximum Gasteiger partial charge on any atom is 0.150 e. The Balaban J connectivity index is 2.47. The molecule has 4 nitrogen and oxygen atoms in total. The van der Waals surface area contributed by atoms with Crippen molar-refractivity contribution in [1.29, 1.82) is 0 Å². The molecule has 0 fully saturated rings. The number of hydrogen-bond acceptors (Lipinski definition) is 4. The number of benzene rings is 1. The van der Waals surface area contributed by atoms with Gasteiger partial charge in [0.05, 0.1) is 12.7 Å². The van der Waals surface area contributed by atoms with Gasteiger partial charge in [0.15, 0.2) is 0 Å². The van der Waals surface area contributed by atoms with Crippen molar-refractivity contribution in [2.24, 2.45) is 0 Å². The number of hydrogen-bond donors (Lipinski definition) is 1. The predicted molar refractivity (Wildman–Crippen MR) is 64.4 cm³/mol. The molecule has 5 heteroatoms. The van der Waals surface area contributed by atoms with Crippen LogP contribution in [0.25, 0.3) is 0 Å². The van der Waals surface area contributed by atoms with E-state index in [1.54, 1.807) is 0 Å². The highest BCUT2D eigenvalue weighted by molar-refractivity contribution is 5.75. The number of aliphatic hydroxyl groups excluding tert-OH is 1. The zero-order valence-corrected chi connectivity index (χ0v) is 10.4. The molecule has 0 aliphatic carbocycles. The molecule has 18 heavy (non-hydrogen) atoms. The summed E-state index contributed by atoms with van der Waals surface area (Å²) in [5.41, 5.74) is 0.193. The van der Waals surface area contributed by atoms with Crippen molar-refractivity contribution in [3.63, 3.8) is 0 Å². The van der Waals surface area contributed by atoms with Gasteiger partial charge in [0.25, 0.3) is 0 Å². The number of carbonyl (C=O) groups is 1. The maximum absolute atomic E-state index is 13.1. The number of aliphatic hydroxyl groups is 1. The molecule has 1 rings (SSSR count). The van der Waals surface area contributed by atoms with Gasteiger partial charge in [0, 0.05) is 11.6 Å². The van der Waals surface area contributed by atoms with E-state index in [0.29, 0.717) is 6.29 Å². The summed E-state index contributed by atoms with van der Waals surface area (Å²) in [4.78, 5) is 10.5. The van der Waals surface area contributed by atoms with E-state index >= 15 is 0 Å². The van der Waals surface area contributed by atoms with Crippen molar-refractivity contribution in [2.75, 3.05) is 13.2 Å². The van der Waals surface area contributed by atoms with Crippen LogP contribution in [-0.4, -0.2) is 36.8 Å². The Morgan fingerprint density at radius 3 is 2.67 bits per heavy atom. The van der Waals surface area contributed by atoms with Crippen LogP contribution in [0.1, 0.15) is 24.2 Å². The highest BCUT2D eigenvalue weighted by Gasteiger charge is 2.08. The van der Waals surface area contributed by atoms with Gasteiger partial charge in [-0.1, -0.05) is 0 Å². The van der Waals surface area contributed by atoms with Crippen LogP contribution in [0.5, 0.6) is 5.75 Å². The molecule has 0 spiro atoms. The SMILES string of the molecule is CC(C)OCC(O)COc1cc(F)cc(C=O)c1. The standard InChI is InChI=1S/C13H17FO4/c1-9(2)17-7-12(16)8-18-13-4-10(6-15)3-11(14)5-13/h3-6,9,12,16H,7-8H2,1-2H3. The first-order valence-corrected chi connectivity index (χ1v) is 5.69. The summed E-state index contributed by atoms with van der Waals surface area (Å²) >= 11 is 0.